The number of hydrogen-bond acceptors (Lipinski definition) is 4. The van der Waals surface area contributed by atoms with Crippen molar-refractivity contribution in [2.75, 3.05) is 5.73 Å². The lowest BCUT2D eigenvalue weighted by Crippen LogP contribution is -2.23. The second-order valence-corrected chi connectivity index (χ2v) is 4.87. The van der Waals surface area contributed by atoms with Crippen molar-refractivity contribution >= 4 is 22.4 Å². The van der Waals surface area contributed by atoms with Gasteiger partial charge < -0.3 is 15.5 Å². The maximum Gasteiger partial charge on any atom is 0.270 e. The molecule has 3 rings (SSSR count). The largest absolute Gasteiger partial charge is 0.467 e. The number of pyridine rings is 1. The van der Waals surface area contributed by atoms with Crippen LogP contribution in [0.3, 0.4) is 0 Å². The summed E-state index contributed by atoms with van der Waals surface area (Å²) in [6.45, 7) is 2.26. The molecule has 0 bridgehead atoms. The Bertz CT molecular complexity index is 795. The first kappa shape index (κ1) is 13.2. The molecule has 0 atom stereocenters. The summed E-state index contributed by atoms with van der Waals surface area (Å²) in [7, 11) is 0. The van der Waals surface area contributed by atoms with Gasteiger partial charge in [-0.15, -0.1) is 0 Å². The molecule has 1 amide bonds. The fraction of sp³-hybridized carbons (Fsp3) is 0.125. The molecule has 2 aromatic heterocycles. The highest BCUT2D eigenvalue weighted by Gasteiger charge is 2.13. The Labute approximate surface area is 121 Å². The molecule has 2 heterocycles. The molecule has 0 saturated heterocycles. The predicted octanol–water partition coefficient (Wildman–Crippen LogP) is 2.65. The molecule has 0 unspecified atom stereocenters. The summed E-state index contributed by atoms with van der Waals surface area (Å²) in [5.74, 6) is 0.446. The van der Waals surface area contributed by atoms with Crippen LogP contribution in [0.15, 0.2) is 47.2 Å². The quantitative estimate of drug-likeness (QED) is 0.723. The molecule has 0 aliphatic heterocycles. The number of anilines is 1. The van der Waals surface area contributed by atoms with E-state index in [1.807, 2.05) is 25.1 Å². The number of amides is 1. The molecule has 0 aliphatic rings. The minimum absolute atomic E-state index is 0.248. The van der Waals surface area contributed by atoms with Gasteiger partial charge in [-0.05, 0) is 42.8 Å². The van der Waals surface area contributed by atoms with Gasteiger partial charge in [-0.1, -0.05) is 0 Å². The molecule has 0 radical (unpaired) electrons. The van der Waals surface area contributed by atoms with Gasteiger partial charge in [-0.25, -0.2) is 0 Å². The number of furan rings is 1. The molecule has 5 heteroatoms. The first-order valence-corrected chi connectivity index (χ1v) is 6.60. The van der Waals surface area contributed by atoms with Crippen molar-refractivity contribution in [2.24, 2.45) is 0 Å². The normalized spacial score (nSPS) is 10.7. The van der Waals surface area contributed by atoms with Gasteiger partial charge in [0.05, 0.1) is 12.8 Å². The number of nitrogens with two attached hydrogens (primary N) is 1. The van der Waals surface area contributed by atoms with Crippen LogP contribution in [0.4, 0.5) is 5.69 Å². The Morgan fingerprint density at radius 1 is 1.33 bits per heavy atom. The van der Waals surface area contributed by atoms with Crippen molar-refractivity contribution < 1.29 is 9.21 Å². The third-order valence-corrected chi connectivity index (χ3v) is 3.27. The van der Waals surface area contributed by atoms with Crippen molar-refractivity contribution in [3.63, 3.8) is 0 Å². The van der Waals surface area contributed by atoms with Crippen LogP contribution in [0.1, 0.15) is 21.8 Å². The number of nitrogen functional groups attached to an aromatic ring is 1. The van der Waals surface area contributed by atoms with Crippen LogP contribution in [0, 0.1) is 6.92 Å². The number of nitrogens with one attached hydrogen (secondary N) is 1. The van der Waals surface area contributed by atoms with Crippen molar-refractivity contribution in [3.8, 4) is 0 Å². The lowest BCUT2D eigenvalue weighted by Gasteiger charge is -2.09. The Morgan fingerprint density at radius 3 is 2.95 bits per heavy atom. The number of carbonyl (C=O) groups is 1. The summed E-state index contributed by atoms with van der Waals surface area (Å²) < 4.78 is 5.19. The van der Waals surface area contributed by atoms with E-state index in [1.165, 1.54) is 0 Å². The maximum absolute atomic E-state index is 12.3. The first-order valence-electron chi connectivity index (χ1n) is 6.60. The van der Waals surface area contributed by atoms with Crippen LogP contribution in [-0.2, 0) is 6.54 Å². The minimum atomic E-state index is -0.248. The summed E-state index contributed by atoms with van der Waals surface area (Å²) in [5.41, 5.74) is 8.01. The Kier molecular flexibility index (Phi) is 3.31. The molecule has 3 aromatic rings. The first-order chi connectivity index (χ1) is 10.1. The highest BCUT2D eigenvalue weighted by molar-refractivity contribution is 6.08. The number of carbonyl (C=O) groups excluding carboxylic acids is 1. The number of fused-ring (bicyclic) bond motifs is 1. The van der Waals surface area contributed by atoms with E-state index < -0.39 is 0 Å². The molecule has 21 heavy (non-hydrogen) atoms. The number of aryl methyl sites for hydroxylation is 1. The van der Waals surface area contributed by atoms with E-state index in [2.05, 4.69) is 10.3 Å². The summed E-state index contributed by atoms with van der Waals surface area (Å²) in [4.78, 5) is 16.5. The molecule has 1 aromatic carbocycles. The van der Waals surface area contributed by atoms with Gasteiger partial charge in [0.2, 0.25) is 0 Å². The maximum atomic E-state index is 12.3. The summed E-state index contributed by atoms with van der Waals surface area (Å²) in [5, 5.41) is 4.39. The molecule has 0 saturated carbocycles. The van der Waals surface area contributed by atoms with Gasteiger partial charge in [0.25, 0.3) is 5.91 Å². The fourth-order valence-corrected chi connectivity index (χ4v) is 2.31. The highest BCUT2D eigenvalue weighted by atomic mass is 16.3. The summed E-state index contributed by atoms with van der Waals surface area (Å²) >= 11 is 0. The van der Waals surface area contributed by atoms with Crippen LogP contribution in [0.5, 0.6) is 0 Å². The lowest BCUT2D eigenvalue weighted by molar-refractivity contribution is 0.0945. The standard InChI is InChI=1S/C16H15N3O2/c1-10-7-13-12(14(17)8-10)4-5-18-15(13)16(20)19-9-11-3-2-6-21-11/h2-8H,9,17H2,1H3,(H,19,20). The van der Waals surface area contributed by atoms with Crippen LogP contribution < -0.4 is 11.1 Å². The Balaban J connectivity index is 1.94. The second-order valence-electron chi connectivity index (χ2n) is 4.87. The van der Waals surface area contributed by atoms with E-state index in [1.54, 1.807) is 24.6 Å². The monoisotopic (exact) mass is 281 g/mol. The number of nitrogens with zero attached hydrogens (tertiary/aromatic N) is 1. The zero-order valence-corrected chi connectivity index (χ0v) is 11.6. The number of aromatic nitrogens is 1. The molecule has 0 aliphatic carbocycles. The van der Waals surface area contributed by atoms with Crippen molar-refractivity contribution in [2.45, 2.75) is 13.5 Å². The molecule has 5 nitrogen and oxygen atoms in total. The molecule has 0 spiro atoms. The highest BCUT2D eigenvalue weighted by Crippen LogP contribution is 2.24. The average molecular weight is 281 g/mol. The predicted molar refractivity (Wildman–Crippen MR) is 80.8 cm³/mol. The van der Waals surface area contributed by atoms with Crippen LogP contribution in [0.2, 0.25) is 0 Å². The van der Waals surface area contributed by atoms with Gasteiger partial charge >= 0.3 is 0 Å². The van der Waals surface area contributed by atoms with Crippen LogP contribution >= 0.6 is 0 Å². The van der Waals surface area contributed by atoms with Crippen molar-refractivity contribution in [1.29, 1.82) is 0 Å². The number of hydrogen-bond donors (Lipinski definition) is 2. The van der Waals surface area contributed by atoms with Crippen molar-refractivity contribution in [3.05, 3.63) is 59.8 Å². The molecule has 106 valence electrons. The van der Waals surface area contributed by atoms with Crippen LogP contribution in [0.25, 0.3) is 10.8 Å². The van der Waals surface area contributed by atoms with Gasteiger partial charge in [-0.3, -0.25) is 9.78 Å². The van der Waals surface area contributed by atoms with E-state index in [0.29, 0.717) is 23.7 Å². The zero-order chi connectivity index (χ0) is 14.8. The fourth-order valence-electron chi connectivity index (χ4n) is 2.31. The molecule has 3 N–H and O–H groups in total. The SMILES string of the molecule is Cc1cc(N)c2ccnc(C(=O)NCc3ccco3)c2c1. The average Bonchev–Trinajstić information content (AvgIpc) is 2.97. The van der Waals surface area contributed by atoms with E-state index >= 15 is 0 Å². The minimum Gasteiger partial charge on any atom is -0.467 e. The van der Waals surface area contributed by atoms with Crippen molar-refractivity contribution in [1.82, 2.24) is 10.3 Å². The third kappa shape index (κ3) is 2.58. The van der Waals surface area contributed by atoms with E-state index in [0.717, 1.165) is 16.3 Å². The van der Waals surface area contributed by atoms with Crippen LogP contribution in [-0.4, -0.2) is 10.9 Å². The Morgan fingerprint density at radius 2 is 2.19 bits per heavy atom. The van der Waals surface area contributed by atoms with E-state index in [-0.39, 0.29) is 5.91 Å². The second kappa shape index (κ2) is 5.28. The number of rotatable bonds is 3. The van der Waals surface area contributed by atoms with Gasteiger partial charge in [-0.2, -0.15) is 0 Å². The molecular formula is C16H15N3O2. The van der Waals surface area contributed by atoms with Gasteiger partial charge in [0.15, 0.2) is 0 Å². The lowest BCUT2D eigenvalue weighted by atomic mass is 10.0. The Hall–Kier alpha value is -2.82. The zero-order valence-electron chi connectivity index (χ0n) is 11.6. The summed E-state index contributed by atoms with van der Waals surface area (Å²) in [6, 6.07) is 9.20. The number of benzene rings is 1. The molecule has 0 fully saturated rings. The van der Waals surface area contributed by atoms with E-state index in [9.17, 15) is 4.79 Å². The topological polar surface area (TPSA) is 81.1 Å². The third-order valence-electron chi connectivity index (χ3n) is 3.27. The van der Waals surface area contributed by atoms with Gasteiger partial charge in [0, 0.05) is 22.7 Å². The van der Waals surface area contributed by atoms with E-state index in [4.69, 9.17) is 10.2 Å². The summed E-state index contributed by atoms with van der Waals surface area (Å²) in [6.07, 6.45) is 3.16. The molecular weight excluding hydrogens is 266 g/mol. The van der Waals surface area contributed by atoms with Gasteiger partial charge in [0.1, 0.15) is 11.5 Å². The smallest absolute Gasteiger partial charge is 0.270 e.